The van der Waals surface area contributed by atoms with Crippen LogP contribution in [0.2, 0.25) is 0 Å². The first kappa shape index (κ1) is 14.2. The van der Waals surface area contributed by atoms with E-state index in [9.17, 15) is 0 Å². The van der Waals surface area contributed by atoms with Gasteiger partial charge in [0.05, 0.1) is 6.04 Å². The van der Waals surface area contributed by atoms with Gasteiger partial charge >= 0.3 is 0 Å². The van der Waals surface area contributed by atoms with Gasteiger partial charge in [-0.05, 0) is 29.8 Å². The average molecular weight is 297 g/mol. The molecule has 21 heavy (non-hydrogen) atoms. The second-order valence-electron chi connectivity index (χ2n) is 5.14. The molecule has 0 aliphatic heterocycles. The first-order valence-electron chi connectivity index (χ1n) is 7.27. The summed E-state index contributed by atoms with van der Waals surface area (Å²) in [5.41, 5.74) is 1.29. The highest BCUT2D eigenvalue weighted by molar-refractivity contribution is 7.11. The molecule has 3 nitrogen and oxygen atoms in total. The molecule has 0 saturated carbocycles. The largest absolute Gasteiger partial charge is 0.311 e. The standard InChI is InChI=1S/C17H19N3S/c1-3-15(18-2)17-20-19-16(21-17)11-12-8-9-13-6-4-5-7-14(13)10-12/h4-10,15,18H,3,11H2,1-2H3. The molecule has 0 saturated heterocycles. The van der Waals surface area contributed by atoms with Gasteiger partial charge in [0.15, 0.2) is 0 Å². The summed E-state index contributed by atoms with van der Waals surface area (Å²) in [6.07, 6.45) is 1.88. The monoisotopic (exact) mass is 297 g/mol. The lowest BCUT2D eigenvalue weighted by molar-refractivity contribution is 0.568. The molecule has 0 amide bonds. The number of aromatic nitrogens is 2. The van der Waals surface area contributed by atoms with Crippen LogP contribution >= 0.6 is 11.3 Å². The summed E-state index contributed by atoms with van der Waals surface area (Å²) < 4.78 is 0. The predicted octanol–water partition coefficient (Wildman–Crippen LogP) is 3.95. The van der Waals surface area contributed by atoms with Crippen LogP contribution in [0.4, 0.5) is 0 Å². The molecule has 108 valence electrons. The van der Waals surface area contributed by atoms with E-state index in [0.717, 1.165) is 22.9 Å². The summed E-state index contributed by atoms with van der Waals surface area (Å²) in [7, 11) is 1.97. The number of rotatable bonds is 5. The SMILES string of the molecule is CCC(NC)c1nnc(Cc2ccc3ccccc3c2)s1. The molecule has 0 fully saturated rings. The van der Waals surface area contributed by atoms with Crippen molar-refractivity contribution in [3.63, 3.8) is 0 Å². The van der Waals surface area contributed by atoms with Gasteiger partial charge < -0.3 is 5.32 Å². The van der Waals surface area contributed by atoms with Crippen LogP contribution in [-0.2, 0) is 6.42 Å². The molecule has 0 aliphatic rings. The highest BCUT2D eigenvalue weighted by atomic mass is 32.1. The number of benzene rings is 2. The lowest BCUT2D eigenvalue weighted by Crippen LogP contribution is -2.14. The van der Waals surface area contributed by atoms with E-state index < -0.39 is 0 Å². The highest BCUT2D eigenvalue weighted by Gasteiger charge is 2.13. The fourth-order valence-corrected chi connectivity index (χ4v) is 3.57. The fourth-order valence-electron chi connectivity index (χ4n) is 2.50. The Morgan fingerprint density at radius 1 is 1.10 bits per heavy atom. The summed E-state index contributed by atoms with van der Waals surface area (Å²) >= 11 is 1.71. The Morgan fingerprint density at radius 2 is 1.90 bits per heavy atom. The van der Waals surface area contributed by atoms with Crippen LogP contribution in [0, 0.1) is 0 Å². The lowest BCUT2D eigenvalue weighted by Gasteiger charge is -2.08. The van der Waals surface area contributed by atoms with E-state index in [1.165, 1.54) is 16.3 Å². The third-order valence-electron chi connectivity index (χ3n) is 3.71. The summed E-state index contributed by atoms with van der Waals surface area (Å²) in [4.78, 5) is 0. The fraction of sp³-hybridized carbons (Fsp3) is 0.294. The van der Waals surface area contributed by atoms with E-state index in [1.54, 1.807) is 11.3 Å². The molecule has 1 aromatic heterocycles. The van der Waals surface area contributed by atoms with E-state index in [1.807, 2.05) is 7.05 Å². The van der Waals surface area contributed by atoms with Crippen LogP contribution in [0.1, 0.15) is 35.0 Å². The van der Waals surface area contributed by atoms with Crippen molar-refractivity contribution in [1.82, 2.24) is 15.5 Å². The Labute approximate surface area is 129 Å². The van der Waals surface area contributed by atoms with E-state index in [-0.39, 0.29) is 0 Å². The Bertz CT molecular complexity index is 731. The number of nitrogens with one attached hydrogen (secondary N) is 1. The first-order chi connectivity index (χ1) is 10.3. The quantitative estimate of drug-likeness (QED) is 0.775. The smallest absolute Gasteiger partial charge is 0.134 e. The maximum Gasteiger partial charge on any atom is 0.134 e. The van der Waals surface area contributed by atoms with Crippen LogP contribution in [0.5, 0.6) is 0 Å². The number of nitrogens with zero attached hydrogens (tertiary/aromatic N) is 2. The van der Waals surface area contributed by atoms with Gasteiger partial charge in [-0.3, -0.25) is 0 Å². The molecule has 1 heterocycles. The molecule has 0 aliphatic carbocycles. The van der Waals surface area contributed by atoms with E-state index >= 15 is 0 Å². The molecule has 2 aromatic carbocycles. The second-order valence-corrected chi connectivity index (χ2v) is 6.24. The van der Waals surface area contributed by atoms with Gasteiger partial charge in [0.25, 0.3) is 0 Å². The molecule has 0 radical (unpaired) electrons. The van der Waals surface area contributed by atoms with E-state index in [0.29, 0.717) is 6.04 Å². The third-order valence-corrected chi connectivity index (χ3v) is 4.74. The number of hydrogen-bond acceptors (Lipinski definition) is 4. The van der Waals surface area contributed by atoms with Crippen molar-refractivity contribution >= 4 is 22.1 Å². The zero-order valence-corrected chi connectivity index (χ0v) is 13.2. The summed E-state index contributed by atoms with van der Waals surface area (Å²) in [5.74, 6) is 0. The van der Waals surface area contributed by atoms with E-state index in [2.05, 4.69) is 64.9 Å². The predicted molar refractivity (Wildman–Crippen MR) is 88.8 cm³/mol. The van der Waals surface area contributed by atoms with Gasteiger partial charge in [-0.15, -0.1) is 10.2 Å². The van der Waals surface area contributed by atoms with Crippen LogP contribution in [0.25, 0.3) is 10.8 Å². The molecule has 3 aromatic rings. The maximum atomic E-state index is 4.34. The Morgan fingerprint density at radius 3 is 2.67 bits per heavy atom. The van der Waals surface area contributed by atoms with Crippen molar-refractivity contribution in [2.45, 2.75) is 25.8 Å². The summed E-state index contributed by atoms with van der Waals surface area (Å²) in [6, 6.07) is 15.3. The van der Waals surface area contributed by atoms with Crippen LogP contribution in [0.3, 0.4) is 0 Å². The van der Waals surface area contributed by atoms with Gasteiger partial charge in [-0.25, -0.2) is 0 Å². The molecule has 4 heteroatoms. The van der Waals surface area contributed by atoms with Crippen molar-refractivity contribution in [2.24, 2.45) is 0 Å². The van der Waals surface area contributed by atoms with Crippen LogP contribution in [0.15, 0.2) is 42.5 Å². The Hall–Kier alpha value is -1.78. The minimum absolute atomic E-state index is 0.313. The first-order valence-corrected chi connectivity index (χ1v) is 8.09. The number of hydrogen-bond donors (Lipinski definition) is 1. The van der Waals surface area contributed by atoms with Crippen molar-refractivity contribution in [1.29, 1.82) is 0 Å². The Balaban J connectivity index is 1.81. The average Bonchev–Trinajstić information content (AvgIpc) is 2.97. The van der Waals surface area contributed by atoms with Crippen LogP contribution < -0.4 is 5.32 Å². The van der Waals surface area contributed by atoms with E-state index in [4.69, 9.17) is 0 Å². The van der Waals surface area contributed by atoms with Crippen LogP contribution in [-0.4, -0.2) is 17.2 Å². The van der Waals surface area contributed by atoms with Gasteiger partial charge in [-0.2, -0.15) is 0 Å². The molecule has 1 unspecified atom stereocenters. The Kier molecular flexibility index (Phi) is 4.27. The van der Waals surface area contributed by atoms with Gasteiger partial charge in [0.2, 0.25) is 0 Å². The zero-order valence-electron chi connectivity index (χ0n) is 12.3. The lowest BCUT2D eigenvalue weighted by atomic mass is 10.1. The second kappa shape index (κ2) is 6.33. The third kappa shape index (κ3) is 3.12. The minimum atomic E-state index is 0.313. The topological polar surface area (TPSA) is 37.8 Å². The highest BCUT2D eigenvalue weighted by Crippen LogP contribution is 2.23. The summed E-state index contributed by atoms with van der Waals surface area (Å²) in [6.45, 7) is 2.16. The van der Waals surface area contributed by atoms with Gasteiger partial charge in [0.1, 0.15) is 10.0 Å². The molecular weight excluding hydrogens is 278 g/mol. The molecule has 0 spiro atoms. The molecule has 3 rings (SSSR count). The van der Waals surface area contributed by atoms with Crippen molar-refractivity contribution in [3.05, 3.63) is 58.0 Å². The summed E-state index contributed by atoms with van der Waals surface area (Å²) in [5, 5.41) is 16.7. The van der Waals surface area contributed by atoms with Crippen molar-refractivity contribution in [2.75, 3.05) is 7.05 Å². The maximum absolute atomic E-state index is 4.34. The molecule has 1 N–H and O–H groups in total. The number of fused-ring (bicyclic) bond motifs is 1. The van der Waals surface area contributed by atoms with Crippen molar-refractivity contribution in [3.8, 4) is 0 Å². The minimum Gasteiger partial charge on any atom is -0.311 e. The molecular formula is C17H19N3S. The zero-order chi connectivity index (χ0) is 14.7. The molecule has 1 atom stereocenters. The van der Waals surface area contributed by atoms with Gasteiger partial charge in [0, 0.05) is 6.42 Å². The van der Waals surface area contributed by atoms with Gasteiger partial charge in [-0.1, -0.05) is 60.7 Å². The molecule has 0 bridgehead atoms. The van der Waals surface area contributed by atoms with Crippen molar-refractivity contribution < 1.29 is 0 Å². The normalized spacial score (nSPS) is 12.7.